The number of aryl methyl sites for hydroxylation is 1. The van der Waals surface area contributed by atoms with Gasteiger partial charge in [-0.3, -0.25) is 4.84 Å². The van der Waals surface area contributed by atoms with E-state index in [1.165, 1.54) is 25.3 Å². The van der Waals surface area contributed by atoms with E-state index in [1.807, 2.05) is 6.07 Å². The van der Waals surface area contributed by atoms with E-state index in [2.05, 4.69) is 4.89 Å². The Morgan fingerprint density at radius 3 is 2.77 bits per heavy atom. The number of halogens is 1. The van der Waals surface area contributed by atoms with E-state index in [-0.39, 0.29) is 16.5 Å². The molecule has 1 N–H and O–H groups in total. The van der Waals surface area contributed by atoms with Crippen LogP contribution in [0.4, 0.5) is 0 Å². The molecule has 1 aromatic heterocycles. The Labute approximate surface area is 134 Å². The fourth-order valence-electron chi connectivity index (χ4n) is 1.76. The van der Waals surface area contributed by atoms with Crippen molar-refractivity contribution in [1.29, 1.82) is 0 Å². The molecular weight excluding hydrogens is 330 g/mol. The molecule has 2 aromatic rings. The molecule has 0 aliphatic carbocycles. The molecule has 0 bridgehead atoms. The summed E-state index contributed by atoms with van der Waals surface area (Å²) in [6.45, 7) is 0.226. The van der Waals surface area contributed by atoms with Crippen molar-refractivity contribution in [3.63, 3.8) is 0 Å². The minimum atomic E-state index is -3.78. The molecule has 1 heterocycles. The highest BCUT2D eigenvalue weighted by Crippen LogP contribution is 2.26. The molecule has 22 heavy (non-hydrogen) atoms. The van der Waals surface area contributed by atoms with Crippen LogP contribution in [0.1, 0.15) is 12.2 Å². The van der Waals surface area contributed by atoms with Crippen molar-refractivity contribution in [2.75, 3.05) is 13.7 Å². The quantitative estimate of drug-likeness (QED) is 0.588. The van der Waals surface area contributed by atoms with E-state index in [9.17, 15) is 8.42 Å². The van der Waals surface area contributed by atoms with Crippen LogP contribution in [0.3, 0.4) is 0 Å². The van der Waals surface area contributed by atoms with Crippen LogP contribution in [0.2, 0.25) is 5.02 Å². The van der Waals surface area contributed by atoms with Gasteiger partial charge in [0.1, 0.15) is 11.5 Å². The van der Waals surface area contributed by atoms with Crippen LogP contribution in [-0.4, -0.2) is 22.1 Å². The van der Waals surface area contributed by atoms with Crippen LogP contribution >= 0.6 is 11.6 Å². The van der Waals surface area contributed by atoms with E-state index in [0.717, 1.165) is 5.76 Å². The van der Waals surface area contributed by atoms with Crippen molar-refractivity contribution < 1.29 is 22.4 Å². The lowest BCUT2D eigenvalue weighted by atomic mass is 10.3. The summed E-state index contributed by atoms with van der Waals surface area (Å²) < 4.78 is 34.2. The van der Waals surface area contributed by atoms with Gasteiger partial charge in [-0.15, -0.1) is 0 Å². The van der Waals surface area contributed by atoms with Crippen LogP contribution < -0.4 is 9.62 Å². The second kappa shape index (κ2) is 7.64. The topological polar surface area (TPSA) is 77.8 Å². The molecule has 0 aliphatic rings. The number of methoxy groups -OCH3 is 1. The predicted octanol–water partition coefficient (Wildman–Crippen LogP) is 2.78. The number of hydrogen-bond acceptors (Lipinski definition) is 5. The summed E-state index contributed by atoms with van der Waals surface area (Å²) in [5.41, 5.74) is 0. The van der Waals surface area contributed by atoms with Gasteiger partial charge in [-0.05, 0) is 36.8 Å². The third-order valence-electron chi connectivity index (χ3n) is 2.85. The van der Waals surface area contributed by atoms with Crippen molar-refractivity contribution in [1.82, 2.24) is 4.89 Å². The lowest BCUT2D eigenvalue weighted by Crippen LogP contribution is -2.24. The zero-order valence-electron chi connectivity index (χ0n) is 11.9. The van der Waals surface area contributed by atoms with Crippen LogP contribution in [0, 0.1) is 0 Å². The third kappa shape index (κ3) is 4.48. The van der Waals surface area contributed by atoms with Crippen LogP contribution in [0.25, 0.3) is 0 Å². The molecule has 0 aliphatic heterocycles. The highest BCUT2D eigenvalue weighted by atomic mass is 35.5. The average Bonchev–Trinajstić information content (AvgIpc) is 3.00. The molecule has 0 fully saturated rings. The Hall–Kier alpha value is -1.54. The Balaban J connectivity index is 1.84. The zero-order chi connectivity index (χ0) is 16.0. The maximum Gasteiger partial charge on any atom is 0.262 e. The van der Waals surface area contributed by atoms with E-state index >= 15 is 0 Å². The van der Waals surface area contributed by atoms with Crippen molar-refractivity contribution in [2.45, 2.75) is 17.7 Å². The molecule has 120 valence electrons. The number of benzene rings is 1. The number of hydrogen-bond donors (Lipinski definition) is 1. The van der Waals surface area contributed by atoms with Gasteiger partial charge in [0.15, 0.2) is 0 Å². The number of furan rings is 1. The highest BCUT2D eigenvalue weighted by Gasteiger charge is 2.16. The van der Waals surface area contributed by atoms with Gasteiger partial charge in [0.05, 0.1) is 29.9 Å². The lowest BCUT2D eigenvalue weighted by Gasteiger charge is -2.09. The first-order chi connectivity index (χ1) is 10.5. The molecule has 0 saturated carbocycles. The molecule has 0 spiro atoms. The van der Waals surface area contributed by atoms with E-state index < -0.39 is 10.0 Å². The summed E-state index contributed by atoms with van der Waals surface area (Å²) in [4.78, 5) is 7.06. The normalized spacial score (nSPS) is 11.5. The lowest BCUT2D eigenvalue weighted by molar-refractivity contribution is 0.0905. The average molecular weight is 346 g/mol. The molecule has 2 rings (SSSR count). The summed E-state index contributed by atoms with van der Waals surface area (Å²) in [5.74, 6) is 1.23. The van der Waals surface area contributed by atoms with Gasteiger partial charge in [0.2, 0.25) is 0 Å². The predicted molar refractivity (Wildman–Crippen MR) is 81.3 cm³/mol. The zero-order valence-corrected chi connectivity index (χ0v) is 13.5. The maximum absolute atomic E-state index is 12.0. The second-order valence-electron chi connectivity index (χ2n) is 4.41. The number of rotatable bonds is 8. The standard InChI is InChI=1S/C14H16ClNO5S/c1-19-14-7-6-12(10-13(14)15)22(17,18)16-21-9-3-5-11-4-2-8-20-11/h2,4,6-8,10,16H,3,5,9H2,1H3. The first-order valence-corrected chi connectivity index (χ1v) is 8.38. The number of nitrogens with one attached hydrogen (secondary N) is 1. The smallest absolute Gasteiger partial charge is 0.262 e. The van der Waals surface area contributed by atoms with Crippen LogP contribution in [0.15, 0.2) is 45.9 Å². The minimum absolute atomic E-state index is 0.00401. The maximum atomic E-state index is 12.0. The molecular formula is C14H16ClNO5S. The fourth-order valence-corrected chi connectivity index (χ4v) is 2.93. The third-order valence-corrected chi connectivity index (χ3v) is 4.36. The van der Waals surface area contributed by atoms with E-state index in [0.29, 0.717) is 18.6 Å². The molecule has 0 unspecified atom stereocenters. The molecule has 0 amide bonds. The van der Waals surface area contributed by atoms with Gasteiger partial charge in [-0.25, -0.2) is 8.42 Å². The summed E-state index contributed by atoms with van der Waals surface area (Å²) in [6, 6.07) is 7.82. The van der Waals surface area contributed by atoms with Gasteiger partial charge >= 0.3 is 0 Å². The Morgan fingerprint density at radius 2 is 2.14 bits per heavy atom. The second-order valence-corrected chi connectivity index (χ2v) is 6.47. The molecule has 6 nitrogen and oxygen atoms in total. The largest absolute Gasteiger partial charge is 0.495 e. The van der Waals surface area contributed by atoms with E-state index in [4.69, 9.17) is 25.6 Å². The summed E-state index contributed by atoms with van der Waals surface area (Å²) in [5, 5.41) is 0.211. The van der Waals surface area contributed by atoms with Crippen molar-refractivity contribution >= 4 is 21.6 Å². The minimum Gasteiger partial charge on any atom is -0.495 e. The molecule has 1 aromatic carbocycles. The van der Waals surface area contributed by atoms with Gasteiger partial charge in [0.25, 0.3) is 10.0 Å². The van der Waals surface area contributed by atoms with Gasteiger partial charge in [-0.2, -0.15) is 0 Å². The van der Waals surface area contributed by atoms with Gasteiger partial charge in [0, 0.05) is 6.42 Å². The van der Waals surface area contributed by atoms with Gasteiger partial charge < -0.3 is 9.15 Å². The molecule has 0 atom stereocenters. The molecule has 0 saturated heterocycles. The Morgan fingerprint density at radius 1 is 1.32 bits per heavy atom. The SMILES string of the molecule is COc1ccc(S(=O)(=O)NOCCCc2ccco2)cc1Cl. The van der Waals surface area contributed by atoms with Crippen molar-refractivity contribution in [3.05, 3.63) is 47.4 Å². The monoisotopic (exact) mass is 345 g/mol. The fraction of sp³-hybridized carbons (Fsp3) is 0.286. The number of sulfonamides is 1. The Kier molecular flexibility index (Phi) is 5.84. The molecule has 0 radical (unpaired) electrons. The van der Waals surface area contributed by atoms with Crippen LogP contribution in [-0.2, 0) is 21.3 Å². The highest BCUT2D eigenvalue weighted by molar-refractivity contribution is 7.89. The first kappa shape index (κ1) is 16.8. The summed E-state index contributed by atoms with van der Waals surface area (Å²) >= 11 is 5.91. The first-order valence-electron chi connectivity index (χ1n) is 6.52. The summed E-state index contributed by atoms with van der Waals surface area (Å²) in [7, 11) is -2.32. The van der Waals surface area contributed by atoms with Crippen molar-refractivity contribution in [2.24, 2.45) is 0 Å². The molecule has 8 heteroatoms. The van der Waals surface area contributed by atoms with Crippen LogP contribution in [0.5, 0.6) is 5.75 Å². The summed E-state index contributed by atoms with van der Waals surface area (Å²) in [6.07, 6.45) is 2.88. The van der Waals surface area contributed by atoms with E-state index in [1.54, 1.807) is 12.3 Å². The number of ether oxygens (including phenoxy) is 1. The van der Waals surface area contributed by atoms with Crippen molar-refractivity contribution in [3.8, 4) is 5.75 Å². The Bertz CT molecular complexity index is 700. The van der Waals surface area contributed by atoms with Gasteiger partial charge in [-0.1, -0.05) is 16.5 Å².